The largest absolute Gasteiger partial charge is 0.394 e. The van der Waals surface area contributed by atoms with Crippen LogP contribution in [0.4, 0.5) is 38.1 Å². The topological polar surface area (TPSA) is 97.4 Å². The SMILES string of the molecule is O=C(Nc1ccc(Cl)cc1N1CCN(CCC(F)(F)F)CC1)c1ccc(CNC(=O)N2CCOC(CO)C2)c(F)c1F. The molecule has 42 heavy (non-hydrogen) atoms. The summed E-state index contributed by atoms with van der Waals surface area (Å²) in [4.78, 5) is 30.4. The number of hydrogen-bond acceptors (Lipinski definition) is 6. The highest BCUT2D eigenvalue weighted by atomic mass is 35.5. The molecule has 3 N–H and O–H groups in total. The lowest BCUT2D eigenvalue weighted by Crippen LogP contribution is -2.50. The van der Waals surface area contributed by atoms with Crippen molar-refractivity contribution in [2.75, 3.05) is 69.2 Å². The number of carbonyl (C=O) groups is 2. The molecule has 230 valence electrons. The summed E-state index contributed by atoms with van der Waals surface area (Å²) < 4.78 is 72.9. The highest BCUT2D eigenvalue weighted by Crippen LogP contribution is 2.31. The molecule has 2 saturated heterocycles. The number of alkyl halides is 3. The van der Waals surface area contributed by atoms with Gasteiger partial charge in [-0.25, -0.2) is 13.6 Å². The standard InChI is InChI=1S/C27H31ClF5N5O4/c28-18-2-4-21(22(13-18)37-9-7-36(8-10-37)6-5-27(31,32)33)35-25(40)20-3-1-17(23(29)24(20)30)14-34-26(41)38-11-12-42-19(15-38)16-39/h1-4,13,19,39H,5-12,14-16H2,(H,34,41)(H,35,40). The summed E-state index contributed by atoms with van der Waals surface area (Å²) in [6.45, 7) is 1.43. The number of amides is 3. The number of piperazine rings is 1. The van der Waals surface area contributed by atoms with Gasteiger partial charge in [0.05, 0.1) is 49.2 Å². The summed E-state index contributed by atoms with van der Waals surface area (Å²) in [6.07, 6.45) is -5.67. The van der Waals surface area contributed by atoms with Crippen LogP contribution in [0, 0.1) is 11.6 Å². The molecule has 2 aliphatic rings. The predicted molar refractivity (Wildman–Crippen MR) is 146 cm³/mol. The summed E-state index contributed by atoms with van der Waals surface area (Å²) in [5.74, 6) is -3.60. The first-order valence-electron chi connectivity index (χ1n) is 13.3. The molecule has 2 aromatic carbocycles. The van der Waals surface area contributed by atoms with Crippen molar-refractivity contribution in [1.82, 2.24) is 15.1 Å². The second-order valence-electron chi connectivity index (χ2n) is 9.99. The summed E-state index contributed by atoms with van der Waals surface area (Å²) in [5.41, 5.74) is 0.0495. The fraction of sp³-hybridized carbons (Fsp3) is 0.481. The van der Waals surface area contributed by atoms with E-state index in [2.05, 4.69) is 10.6 Å². The van der Waals surface area contributed by atoms with Crippen LogP contribution in [0.2, 0.25) is 5.02 Å². The number of hydrogen-bond donors (Lipinski definition) is 3. The Morgan fingerprint density at radius 3 is 2.48 bits per heavy atom. The van der Waals surface area contributed by atoms with Crippen LogP contribution < -0.4 is 15.5 Å². The highest BCUT2D eigenvalue weighted by molar-refractivity contribution is 6.31. The molecule has 0 aliphatic carbocycles. The van der Waals surface area contributed by atoms with Gasteiger partial charge in [-0.2, -0.15) is 13.2 Å². The van der Waals surface area contributed by atoms with Crippen molar-refractivity contribution in [3.8, 4) is 0 Å². The van der Waals surface area contributed by atoms with Crippen LogP contribution in [0.1, 0.15) is 22.3 Å². The summed E-state index contributed by atoms with van der Waals surface area (Å²) in [7, 11) is 0. The molecule has 2 heterocycles. The third-order valence-corrected chi connectivity index (χ3v) is 7.33. The monoisotopic (exact) mass is 619 g/mol. The zero-order chi connectivity index (χ0) is 30.4. The Kier molecular flexibility index (Phi) is 10.5. The maximum absolute atomic E-state index is 15.0. The Labute approximate surface area is 244 Å². The number of urea groups is 1. The average Bonchev–Trinajstić information content (AvgIpc) is 2.97. The van der Waals surface area contributed by atoms with Crippen LogP contribution >= 0.6 is 11.6 Å². The molecule has 0 bridgehead atoms. The van der Waals surface area contributed by atoms with Crippen molar-refractivity contribution in [3.05, 3.63) is 58.1 Å². The number of morpholine rings is 1. The molecule has 2 aromatic rings. The fourth-order valence-electron chi connectivity index (χ4n) is 4.76. The van der Waals surface area contributed by atoms with E-state index in [4.69, 9.17) is 16.3 Å². The number of nitrogens with zero attached hydrogens (tertiary/aromatic N) is 3. The van der Waals surface area contributed by atoms with Crippen molar-refractivity contribution in [3.63, 3.8) is 0 Å². The van der Waals surface area contributed by atoms with Gasteiger partial charge < -0.3 is 30.3 Å². The number of halogens is 6. The van der Waals surface area contributed by atoms with Crippen molar-refractivity contribution in [2.45, 2.75) is 25.2 Å². The number of aliphatic hydroxyl groups is 1. The maximum atomic E-state index is 15.0. The molecule has 1 unspecified atom stereocenters. The van der Waals surface area contributed by atoms with E-state index in [1.54, 1.807) is 11.0 Å². The van der Waals surface area contributed by atoms with Crippen molar-refractivity contribution in [2.24, 2.45) is 0 Å². The number of anilines is 2. The van der Waals surface area contributed by atoms with Gasteiger partial charge in [0.25, 0.3) is 5.91 Å². The normalized spacial score (nSPS) is 18.2. The van der Waals surface area contributed by atoms with E-state index >= 15 is 0 Å². The maximum Gasteiger partial charge on any atom is 0.390 e. The van der Waals surface area contributed by atoms with E-state index in [0.29, 0.717) is 36.9 Å². The Hall–Kier alpha value is -3.20. The van der Waals surface area contributed by atoms with Crippen LogP contribution in [0.3, 0.4) is 0 Å². The molecule has 0 radical (unpaired) electrons. The third kappa shape index (κ3) is 8.21. The van der Waals surface area contributed by atoms with Crippen molar-refractivity contribution >= 4 is 34.9 Å². The molecule has 9 nitrogen and oxygen atoms in total. The molecule has 3 amide bonds. The van der Waals surface area contributed by atoms with Crippen LogP contribution in [0.25, 0.3) is 0 Å². The molecule has 0 spiro atoms. The number of carbonyl (C=O) groups excluding carboxylic acids is 2. The first kappa shape index (κ1) is 31.7. The Morgan fingerprint density at radius 1 is 1.05 bits per heavy atom. The molecule has 15 heteroatoms. The fourth-order valence-corrected chi connectivity index (χ4v) is 4.92. The second-order valence-corrected chi connectivity index (χ2v) is 10.4. The quantitative estimate of drug-likeness (QED) is 0.389. The minimum atomic E-state index is -4.24. The van der Waals surface area contributed by atoms with E-state index < -0.39 is 47.8 Å². The molecule has 2 fully saturated rings. The zero-order valence-corrected chi connectivity index (χ0v) is 23.3. The lowest BCUT2D eigenvalue weighted by molar-refractivity contribution is -0.138. The lowest BCUT2D eigenvalue weighted by Gasteiger charge is -2.37. The summed E-state index contributed by atoms with van der Waals surface area (Å²) in [6, 6.07) is 6.39. The molecular formula is C27H31ClF5N5O4. The van der Waals surface area contributed by atoms with Gasteiger partial charge in [-0.1, -0.05) is 17.7 Å². The van der Waals surface area contributed by atoms with Gasteiger partial charge in [-0.05, 0) is 24.3 Å². The lowest BCUT2D eigenvalue weighted by atomic mass is 10.1. The van der Waals surface area contributed by atoms with Crippen LogP contribution in [0.5, 0.6) is 0 Å². The predicted octanol–water partition coefficient (Wildman–Crippen LogP) is 3.85. The zero-order valence-electron chi connectivity index (χ0n) is 22.5. The van der Waals surface area contributed by atoms with E-state index in [0.717, 1.165) is 6.07 Å². The van der Waals surface area contributed by atoms with Crippen LogP contribution in [0.15, 0.2) is 30.3 Å². The van der Waals surface area contributed by atoms with E-state index in [9.17, 15) is 36.6 Å². The van der Waals surface area contributed by atoms with E-state index in [1.807, 2.05) is 4.90 Å². The molecular weight excluding hydrogens is 589 g/mol. The number of rotatable bonds is 8. The summed E-state index contributed by atoms with van der Waals surface area (Å²) in [5, 5.41) is 14.7. The summed E-state index contributed by atoms with van der Waals surface area (Å²) >= 11 is 6.16. The van der Waals surface area contributed by atoms with E-state index in [1.165, 1.54) is 23.1 Å². The average molecular weight is 620 g/mol. The Bertz CT molecular complexity index is 1280. The molecule has 1 atom stereocenters. The van der Waals surface area contributed by atoms with Gasteiger partial charge in [0.15, 0.2) is 11.6 Å². The number of nitrogens with one attached hydrogen (secondary N) is 2. The molecule has 4 rings (SSSR count). The van der Waals surface area contributed by atoms with Gasteiger partial charge in [-0.15, -0.1) is 0 Å². The third-order valence-electron chi connectivity index (χ3n) is 7.10. The smallest absolute Gasteiger partial charge is 0.390 e. The minimum absolute atomic E-state index is 0.113. The van der Waals surface area contributed by atoms with Gasteiger partial charge in [0.2, 0.25) is 0 Å². The Morgan fingerprint density at radius 2 is 1.79 bits per heavy atom. The van der Waals surface area contributed by atoms with Gasteiger partial charge >= 0.3 is 12.2 Å². The molecule has 0 saturated carbocycles. The van der Waals surface area contributed by atoms with Gasteiger partial charge in [0.1, 0.15) is 0 Å². The van der Waals surface area contributed by atoms with Crippen LogP contribution in [-0.4, -0.2) is 98.2 Å². The van der Waals surface area contributed by atoms with Gasteiger partial charge in [0, 0.05) is 56.4 Å². The minimum Gasteiger partial charge on any atom is -0.394 e. The first-order valence-corrected chi connectivity index (χ1v) is 13.7. The Balaban J connectivity index is 1.39. The first-order chi connectivity index (χ1) is 19.9. The molecule has 2 aliphatic heterocycles. The van der Waals surface area contributed by atoms with E-state index in [-0.39, 0.29) is 50.6 Å². The number of aliphatic hydroxyl groups excluding tert-OH is 1. The number of ether oxygens (including phenoxy) is 1. The van der Waals surface area contributed by atoms with Crippen molar-refractivity contribution < 1.29 is 41.4 Å². The van der Waals surface area contributed by atoms with Gasteiger partial charge in [-0.3, -0.25) is 9.69 Å². The molecule has 0 aromatic heterocycles. The number of benzene rings is 2. The highest BCUT2D eigenvalue weighted by Gasteiger charge is 2.29. The van der Waals surface area contributed by atoms with Crippen LogP contribution in [-0.2, 0) is 11.3 Å². The van der Waals surface area contributed by atoms with Crippen molar-refractivity contribution in [1.29, 1.82) is 0 Å². The second kappa shape index (κ2) is 13.8.